The summed E-state index contributed by atoms with van der Waals surface area (Å²) < 4.78 is 92.0. The number of methoxy groups -OCH3 is 1. The third-order valence-corrected chi connectivity index (χ3v) is 7.85. The van der Waals surface area contributed by atoms with Crippen molar-refractivity contribution in [3.63, 3.8) is 0 Å². The Balaban J connectivity index is 1.69. The Hall–Kier alpha value is -3.39. The number of nitrogens with two attached hydrogens (primary N) is 1. The normalized spacial score (nSPS) is 17.4. The average molecular weight is 572 g/mol. The summed E-state index contributed by atoms with van der Waals surface area (Å²) in [4.78, 5) is 8.80. The van der Waals surface area contributed by atoms with Crippen LogP contribution >= 0.6 is 0 Å². The number of alkyl halides is 3. The fraction of sp³-hybridized carbons (Fsp3) is 0.440. The van der Waals surface area contributed by atoms with Gasteiger partial charge in [0.1, 0.15) is 24.1 Å². The maximum atomic E-state index is 14.9. The van der Waals surface area contributed by atoms with Gasteiger partial charge >= 0.3 is 6.18 Å². The SMILES string of the molecule is COc1cc2nc(C)nc(N[C@H](C)c3cc(N)cc(C(F)(F)F)c3F)c2cc1OC[C@@H]1CCCN1S(C)(=O)=O. The number of fused-ring (bicyclic) bond motifs is 1. The van der Waals surface area contributed by atoms with Crippen molar-refractivity contribution < 1.29 is 35.5 Å². The quantitative estimate of drug-likeness (QED) is 0.296. The Labute approximate surface area is 223 Å². The summed E-state index contributed by atoms with van der Waals surface area (Å²) >= 11 is 0. The van der Waals surface area contributed by atoms with Crippen molar-refractivity contribution in [2.45, 2.75) is 44.9 Å². The van der Waals surface area contributed by atoms with Gasteiger partial charge in [-0.25, -0.2) is 22.8 Å². The van der Waals surface area contributed by atoms with Crippen LogP contribution < -0.4 is 20.5 Å². The predicted octanol–water partition coefficient (Wildman–Crippen LogP) is 4.66. The minimum atomic E-state index is -4.92. The van der Waals surface area contributed by atoms with Gasteiger partial charge in [0.25, 0.3) is 0 Å². The zero-order chi connectivity index (χ0) is 28.7. The Morgan fingerprint density at radius 2 is 1.92 bits per heavy atom. The third kappa shape index (κ3) is 6.11. The highest BCUT2D eigenvalue weighted by molar-refractivity contribution is 7.88. The number of rotatable bonds is 8. The van der Waals surface area contributed by atoms with Crippen LogP contribution in [0.2, 0.25) is 0 Å². The number of anilines is 2. The van der Waals surface area contributed by atoms with Crippen LogP contribution in [-0.2, 0) is 16.2 Å². The molecule has 2 atom stereocenters. The molecule has 0 aliphatic carbocycles. The second-order valence-electron chi connectivity index (χ2n) is 9.46. The number of ether oxygens (including phenoxy) is 2. The topological polar surface area (TPSA) is 120 Å². The van der Waals surface area contributed by atoms with E-state index in [2.05, 4.69) is 15.3 Å². The Morgan fingerprint density at radius 1 is 1.21 bits per heavy atom. The van der Waals surface area contributed by atoms with Crippen molar-refractivity contribution in [3.05, 3.63) is 47.0 Å². The molecule has 0 radical (unpaired) electrons. The molecule has 3 N–H and O–H groups in total. The second kappa shape index (κ2) is 10.6. The smallest absolute Gasteiger partial charge is 0.419 e. The second-order valence-corrected chi connectivity index (χ2v) is 11.4. The van der Waals surface area contributed by atoms with Crippen LogP contribution in [0.15, 0.2) is 24.3 Å². The predicted molar refractivity (Wildman–Crippen MR) is 139 cm³/mol. The maximum absolute atomic E-state index is 14.9. The first-order valence-electron chi connectivity index (χ1n) is 12.1. The van der Waals surface area contributed by atoms with Crippen LogP contribution in [0.1, 0.15) is 42.8 Å². The molecule has 3 aromatic rings. The van der Waals surface area contributed by atoms with Crippen LogP contribution in [-0.4, -0.2) is 55.3 Å². The lowest BCUT2D eigenvalue weighted by Gasteiger charge is -2.23. The standard InChI is InChI=1S/C25H29F4N5O4S/c1-13(17-8-15(30)9-19(23(17)26)25(27,28)29)31-24-18-10-22(21(37-3)11-20(18)32-14(2)33-24)38-12-16-6-5-7-34(16)39(4,35)36/h8-11,13,16H,5-7,12,30H2,1-4H3,(H,31,32,33)/t13-,16+/m1/s1. The van der Waals surface area contributed by atoms with Crippen molar-refractivity contribution >= 4 is 32.4 Å². The molecule has 1 aliphatic rings. The lowest BCUT2D eigenvalue weighted by Crippen LogP contribution is -2.38. The molecular formula is C25H29F4N5O4S. The van der Waals surface area contributed by atoms with Gasteiger partial charge < -0.3 is 20.5 Å². The molecule has 0 amide bonds. The molecule has 0 spiro atoms. The number of aryl methyl sites for hydroxylation is 1. The van der Waals surface area contributed by atoms with Gasteiger partial charge in [0.05, 0.1) is 36.5 Å². The van der Waals surface area contributed by atoms with Gasteiger partial charge in [-0.1, -0.05) is 0 Å². The maximum Gasteiger partial charge on any atom is 0.419 e. The third-order valence-electron chi connectivity index (χ3n) is 6.52. The molecule has 4 rings (SSSR count). The number of nitrogen functional groups attached to an aromatic ring is 1. The van der Waals surface area contributed by atoms with Crippen LogP contribution in [0.5, 0.6) is 11.5 Å². The van der Waals surface area contributed by atoms with E-state index in [4.69, 9.17) is 15.2 Å². The number of hydrogen-bond donors (Lipinski definition) is 2. The molecular weight excluding hydrogens is 542 g/mol. The van der Waals surface area contributed by atoms with Crippen molar-refractivity contribution in [1.29, 1.82) is 0 Å². The molecule has 0 bridgehead atoms. The summed E-state index contributed by atoms with van der Waals surface area (Å²) in [5, 5.41) is 3.42. The largest absolute Gasteiger partial charge is 0.493 e. The summed E-state index contributed by atoms with van der Waals surface area (Å²) in [6.07, 6.45) is -2.41. The zero-order valence-electron chi connectivity index (χ0n) is 21.8. The monoisotopic (exact) mass is 571 g/mol. The molecule has 9 nitrogen and oxygen atoms in total. The average Bonchev–Trinajstić information content (AvgIpc) is 3.32. The van der Waals surface area contributed by atoms with Gasteiger partial charge in [0.2, 0.25) is 10.0 Å². The first-order valence-corrected chi connectivity index (χ1v) is 13.9. The summed E-state index contributed by atoms with van der Waals surface area (Å²) in [6.45, 7) is 3.61. The molecule has 14 heteroatoms. The van der Waals surface area contributed by atoms with Gasteiger partial charge in [-0.05, 0) is 44.9 Å². The van der Waals surface area contributed by atoms with E-state index in [1.165, 1.54) is 18.3 Å². The number of benzene rings is 2. The van der Waals surface area contributed by atoms with Gasteiger partial charge in [0.15, 0.2) is 11.5 Å². The van der Waals surface area contributed by atoms with Crippen molar-refractivity contribution in [3.8, 4) is 11.5 Å². The lowest BCUT2D eigenvalue weighted by molar-refractivity contribution is -0.140. The highest BCUT2D eigenvalue weighted by atomic mass is 32.2. The fourth-order valence-electron chi connectivity index (χ4n) is 4.71. The van der Waals surface area contributed by atoms with Crippen LogP contribution in [0.3, 0.4) is 0 Å². The van der Waals surface area contributed by atoms with Crippen LogP contribution in [0.4, 0.5) is 29.1 Å². The molecule has 1 fully saturated rings. The Bertz CT molecular complexity index is 1500. The van der Waals surface area contributed by atoms with Crippen molar-refractivity contribution in [2.24, 2.45) is 0 Å². The number of aromatic nitrogens is 2. The summed E-state index contributed by atoms with van der Waals surface area (Å²) in [5.74, 6) is -0.203. The van der Waals surface area contributed by atoms with Crippen molar-refractivity contribution in [1.82, 2.24) is 14.3 Å². The van der Waals surface area contributed by atoms with Gasteiger partial charge in [-0.2, -0.15) is 17.5 Å². The summed E-state index contributed by atoms with van der Waals surface area (Å²) in [6, 6.07) is 3.61. The lowest BCUT2D eigenvalue weighted by atomic mass is 10.0. The first kappa shape index (κ1) is 28.6. The molecule has 2 aromatic carbocycles. The Kier molecular flexibility index (Phi) is 7.81. The fourth-order valence-corrected chi connectivity index (χ4v) is 5.88. The molecule has 212 valence electrons. The Morgan fingerprint density at radius 3 is 2.56 bits per heavy atom. The van der Waals surface area contributed by atoms with E-state index in [1.54, 1.807) is 19.1 Å². The number of sulfonamides is 1. The summed E-state index contributed by atoms with van der Waals surface area (Å²) in [7, 11) is -1.95. The molecule has 1 aliphatic heterocycles. The van der Waals surface area contributed by atoms with Gasteiger partial charge in [-0.3, -0.25) is 0 Å². The number of halogens is 4. The highest BCUT2D eigenvalue weighted by Crippen LogP contribution is 2.38. The van der Waals surface area contributed by atoms with E-state index in [1.807, 2.05) is 0 Å². The highest BCUT2D eigenvalue weighted by Gasteiger charge is 2.36. The van der Waals surface area contributed by atoms with Gasteiger partial charge in [0, 0.05) is 29.2 Å². The van der Waals surface area contributed by atoms with Gasteiger partial charge in [-0.15, -0.1) is 0 Å². The van der Waals surface area contributed by atoms with Crippen LogP contribution in [0, 0.1) is 12.7 Å². The summed E-state index contributed by atoms with van der Waals surface area (Å²) in [5.41, 5.74) is 4.14. The molecule has 1 saturated heterocycles. The molecule has 0 unspecified atom stereocenters. The van der Waals surface area contributed by atoms with E-state index in [-0.39, 0.29) is 29.7 Å². The van der Waals surface area contributed by atoms with Crippen LogP contribution in [0.25, 0.3) is 10.9 Å². The minimum Gasteiger partial charge on any atom is -0.493 e. The molecule has 39 heavy (non-hydrogen) atoms. The minimum absolute atomic E-state index is 0.0789. The number of hydrogen-bond acceptors (Lipinski definition) is 8. The zero-order valence-corrected chi connectivity index (χ0v) is 22.6. The first-order chi connectivity index (χ1) is 18.2. The van der Waals surface area contributed by atoms with E-state index in [9.17, 15) is 26.0 Å². The molecule has 1 aromatic heterocycles. The number of nitrogens with one attached hydrogen (secondary N) is 1. The van der Waals surface area contributed by atoms with Crippen molar-refractivity contribution in [2.75, 3.05) is 37.6 Å². The van der Waals surface area contributed by atoms with E-state index in [0.717, 1.165) is 12.3 Å². The molecule has 2 heterocycles. The van der Waals surface area contributed by atoms with E-state index in [0.29, 0.717) is 53.7 Å². The van der Waals surface area contributed by atoms with E-state index < -0.39 is 33.6 Å². The van der Waals surface area contributed by atoms with E-state index >= 15 is 0 Å². The molecule has 0 saturated carbocycles. The number of nitrogens with zero attached hydrogens (tertiary/aromatic N) is 3.